The first-order chi connectivity index (χ1) is 14.5. The summed E-state index contributed by atoms with van der Waals surface area (Å²) in [5.74, 6) is 0.413. The summed E-state index contributed by atoms with van der Waals surface area (Å²) in [7, 11) is 0. The standard InChI is InChI=1S/C23H25F3N4O/c1-5-15-6-8-16(9-7-15)28-20-19(23(24,25)26)14-27-21(30-20)29-17-10-12-18(13-11-17)31-22(2,3)4/h6-14H,5H2,1-4H3,(H2,27,28,29,30). The summed E-state index contributed by atoms with van der Waals surface area (Å²) in [6, 6.07) is 14.2. The fourth-order valence-electron chi connectivity index (χ4n) is 2.79. The first-order valence-electron chi connectivity index (χ1n) is 9.90. The van der Waals surface area contributed by atoms with Gasteiger partial charge < -0.3 is 15.4 Å². The fraction of sp³-hybridized carbons (Fsp3) is 0.304. The van der Waals surface area contributed by atoms with Gasteiger partial charge in [0.2, 0.25) is 5.95 Å². The summed E-state index contributed by atoms with van der Waals surface area (Å²) < 4.78 is 46.1. The topological polar surface area (TPSA) is 59.1 Å². The molecule has 1 heterocycles. The quantitative estimate of drug-likeness (QED) is 0.454. The molecule has 0 saturated carbocycles. The van der Waals surface area contributed by atoms with Crippen molar-refractivity contribution in [2.45, 2.75) is 45.9 Å². The summed E-state index contributed by atoms with van der Waals surface area (Å²) in [6.07, 6.45) is -2.97. The van der Waals surface area contributed by atoms with Crippen molar-refractivity contribution in [2.75, 3.05) is 10.6 Å². The summed E-state index contributed by atoms with van der Waals surface area (Å²) in [4.78, 5) is 7.91. The van der Waals surface area contributed by atoms with E-state index in [1.165, 1.54) is 0 Å². The van der Waals surface area contributed by atoms with Crippen molar-refractivity contribution in [3.05, 3.63) is 65.9 Å². The molecule has 0 amide bonds. The number of anilines is 4. The Hall–Kier alpha value is -3.29. The highest BCUT2D eigenvalue weighted by atomic mass is 19.4. The van der Waals surface area contributed by atoms with Crippen LogP contribution in [-0.2, 0) is 12.6 Å². The molecule has 0 atom stereocenters. The van der Waals surface area contributed by atoms with Gasteiger partial charge in [-0.25, -0.2) is 4.98 Å². The maximum Gasteiger partial charge on any atom is 0.421 e. The molecule has 0 spiro atoms. The summed E-state index contributed by atoms with van der Waals surface area (Å²) in [5.41, 5.74) is 0.953. The highest BCUT2D eigenvalue weighted by Crippen LogP contribution is 2.35. The van der Waals surface area contributed by atoms with E-state index in [1.807, 2.05) is 39.8 Å². The molecule has 3 aromatic rings. The van der Waals surface area contributed by atoms with Crippen molar-refractivity contribution >= 4 is 23.1 Å². The Morgan fingerprint density at radius 3 is 2.00 bits per heavy atom. The van der Waals surface area contributed by atoms with Crippen LogP contribution in [0.5, 0.6) is 5.75 Å². The van der Waals surface area contributed by atoms with Crippen LogP contribution in [0.25, 0.3) is 0 Å². The van der Waals surface area contributed by atoms with E-state index in [2.05, 4.69) is 20.6 Å². The highest BCUT2D eigenvalue weighted by Gasteiger charge is 2.35. The number of ether oxygens (including phenoxy) is 1. The van der Waals surface area contributed by atoms with Gasteiger partial charge >= 0.3 is 6.18 Å². The number of nitrogens with one attached hydrogen (secondary N) is 2. The number of benzene rings is 2. The average Bonchev–Trinajstić information content (AvgIpc) is 2.68. The lowest BCUT2D eigenvalue weighted by Crippen LogP contribution is -2.22. The third kappa shape index (κ3) is 6.34. The molecule has 0 fully saturated rings. The van der Waals surface area contributed by atoms with Gasteiger partial charge in [-0.2, -0.15) is 18.2 Å². The lowest BCUT2D eigenvalue weighted by atomic mass is 10.1. The van der Waals surface area contributed by atoms with Crippen molar-refractivity contribution in [3.8, 4) is 5.75 Å². The molecule has 3 rings (SSSR count). The maximum atomic E-state index is 13.5. The molecule has 0 radical (unpaired) electrons. The Bertz CT molecular complexity index is 1010. The summed E-state index contributed by atoms with van der Waals surface area (Å²) in [6.45, 7) is 7.84. The van der Waals surface area contributed by atoms with Crippen molar-refractivity contribution in [1.82, 2.24) is 9.97 Å². The van der Waals surface area contributed by atoms with Gasteiger partial charge in [0.05, 0.1) is 0 Å². The number of rotatable bonds is 6. The molecule has 1 aromatic heterocycles. The number of alkyl halides is 3. The minimum Gasteiger partial charge on any atom is -0.488 e. The minimum absolute atomic E-state index is 0.0465. The molecular weight excluding hydrogens is 405 g/mol. The SMILES string of the molecule is CCc1ccc(Nc2nc(Nc3ccc(OC(C)(C)C)cc3)ncc2C(F)(F)F)cc1. The van der Waals surface area contributed by atoms with Crippen molar-refractivity contribution in [3.63, 3.8) is 0 Å². The molecule has 2 aromatic carbocycles. The normalized spacial score (nSPS) is 11.8. The monoisotopic (exact) mass is 430 g/mol. The van der Waals surface area contributed by atoms with Gasteiger partial charge in [-0.3, -0.25) is 0 Å². The summed E-state index contributed by atoms with van der Waals surface area (Å²) >= 11 is 0. The van der Waals surface area contributed by atoms with Gasteiger partial charge in [-0.15, -0.1) is 0 Å². The van der Waals surface area contributed by atoms with E-state index in [-0.39, 0.29) is 17.4 Å². The largest absolute Gasteiger partial charge is 0.488 e. The Balaban J connectivity index is 1.83. The zero-order valence-corrected chi connectivity index (χ0v) is 17.8. The lowest BCUT2D eigenvalue weighted by Gasteiger charge is -2.21. The van der Waals surface area contributed by atoms with E-state index >= 15 is 0 Å². The number of aryl methyl sites for hydroxylation is 1. The van der Waals surface area contributed by atoms with E-state index < -0.39 is 11.7 Å². The predicted octanol–water partition coefficient (Wildman–Crippen LogP) is 6.72. The minimum atomic E-state index is -4.59. The molecular formula is C23H25F3N4O. The zero-order valence-electron chi connectivity index (χ0n) is 17.8. The van der Waals surface area contributed by atoms with Crippen LogP contribution in [0.4, 0.5) is 36.3 Å². The van der Waals surface area contributed by atoms with Gasteiger partial charge in [0, 0.05) is 17.6 Å². The molecule has 0 aliphatic carbocycles. The third-order valence-corrected chi connectivity index (χ3v) is 4.25. The van der Waals surface area contributed by atoms with Gasteiger partial charge in [0.25, 0.3) is 0 Å². The molecule has 5 nitrogen and oxygen atoms in total. The van der Waals surface area contributed by atoms with E-state index in [4.69, 9.17) is 4.74 Å². The molecule has 0 bridgehead atoms. The molecule has 164 valence electrons. The molecule has 0 saturated heterocycles. The van der Waals surface area contributed by atoms with Crippen LogP contribution in [-0.4, -0.2) is 15.6 Å². The van der Waals surface area contributed by atoms with Crippen LogP contribution < -0.4 is 15.4 Å². The number of hydrogen-bond acceptors (Lipinski definition) is 5. The second-order valence-electron chi connectivity index (χ2n) is 7.99. The molecule has 0 unspecified atom stereocenters. The Labute approximate surface area is 179 Å². The Morgan fingerprint density at radius 2 is 1.45 bits per heavy atom. The molecule has 31 heavy (non-hydrogen) atoms. The summed E-state index contributed by atoms with van der Waals surface area (Å²) in [5, 5.41) is 5.69. The van der Waals surface area contributed by atoms with Crippen LogP contribution in [0.15, 0.2) is 54.7 Å². The predicted molar refractivity (Wildman–Crippen MR) is 116 cm³/mol. The van der Waals surface area contributed by atoms with Crippen LogP contribution >= 0.6 is 0 Å². The lowest BCUT2D eigenvalue weighted by molar-refractivity contribution is -0.137. The third-order valence-electron chi connectivity index (χ3n) is 4.25. The van der Waals surface area contributed by atoms with Gasteiger partial charge in [-0.1, -0.05) is 19.1 Å². The number of halogens is 3. The highest BCUT2D eigenvalue weighted by molar-refractivity contribution is 5.63. The van der Waals surface area contributed by atoms with Crippen LogP contribution in [0.1, 0.15) is 38.8 Å². The Kier molecular flexibility index (Phi) is 6.38. The molecule has 8 heteroatoms. The van der Waals surface area contributed by atoms with Crippen molar-refractivity contribution < 1.29 is 17.9 Å². The van der Waals surface area contributed by atoms with Gasteiger partial charge in [0.1, 0.15) is 22.7 Å². The first kappa shape index (κ1) is 22.4. The van der Waals surface area contributed by atoms with E-state index in [1.54, 1.807) is 36.4 Å². The maximum absolute atomic E-state index is 13.5. The Morgan fingerprint density at radius 1 is 0.871 bits per heavy atom. The van der Waals surface area contributed by atoms with Crippen LogP contribution in [0.2, 0.25) is 0 Å². The second-order valence-corrected chi connectivity index (χ2v) is 7.99. The van der Waals surface area contributed by atoms with Crippen molar-refractivity contribution in [1.29, 1.82) is 0 Å². The zero-order chi connectivity index (χ0) is 22.6. The van der Waals surface area contributed by atoms with Crippen molar-refractivity contribution in [2.24, 2.45) is 0 Å². The fourth-order valence-corrected chi connectivity index (χ4v) is 2.79. The van der Waals surface area contributed by atoms with E-state index in [0.29, 0.717) is 17.1 Å². The molecule has 0 aliphatic heterocycles. The molecule has 0 aliphatic rings. The van der Waals surface area contributed by atoms with E-state index in [9.17, 15) is 13.2 Å². The van der Waals surface area contributed by atoms with E-state index in [0.717, 1.165) is 18.2 Å². The second kappa shape index (κ2) is 8.83. The first-order valence-corrected chi connectivity index (χ1v) is 9.90. The van der Waals surface area contributed by atoms with Crippen LogP contribution in [0.3, 0.4) is 0 Å². The molecule has 2 N–H and O–H groups in total. The number of nitrogens with zero attached hydrogens (tertiary/aromatic N) is 2. The average molecular weight is 430 g/mol. The smallest absolute Gasteiger partial charge is 0.421 e. The number of hydrogen-bond donors (Lipinski definition) is 2. The van der Waals surface area contributed by atoms with Crippen LogP contribution in [0, 0.1) is 0 Å². The van der Waals surface area contributed by atoms with Gasteiger partial charge in [-0.05, 0) is 69.2 Å². The number of aromatic nitrogens is 2. The van der Waals surface area contributed by atoms with Gasteiger partial charge in [0.15, 0.2) is 0 Å².